The van der Waals surface area contributed by atoms with Crippen molar-refractivity contribution < 1.29 is 22.8 Å². The van der Waals surface area contributed by atoms with Crippen molar-refractivity contribution in [1.29, 1.82) is 0 Å². The molecule has 1 aliphatic heterocycles. The van der Waals surface area contributed by atoms with Gasteiger partial charge >= 0.3 is 6.61 Å². The second-order valence-electron chi connectivity index (χ2n) is 9.09. The van der Waals surface area contributed by atoms with Crippen molar-refractivity contribution >= 4 is 21.9 Å². The van der Waals surface area contributed by atoms with Gasteiger partial charge in [-0.15, -0.1) is 0 Å². The molecule has 0 unspecified atom stereocenters. The summed E-state index contributed by atoms with van der Waals surface area (Å²) < 4.78 is 43.6. The summed E-state index contributed by atoms with van der Waals surface area (Å²) in [5.74, 6) is 2.15. The highest BCUT2D eigenvalue weighted by atomic mass is 19.3. The van der Waals surface area contributed by atoms with E-state index >= 15 is 0 Å². The van der Waals surface area contributed by atoms with Gasteiger partial charge < -0.3 is 18.6 Å². The summed E-state index contributed by atoms with van der Waals surface area (Å²) in [4.78, 5) is 11.9. The monoisotopic (exact) mass is 485 g/mol. The molecule has 0 saturated carbocycles. The molecule has 186 valence electrons. The van der Waals surface area contributed by atoms with Gasteiger partial charge in [-0.2, -0.15) is 8.78 Å². The standard InChI is InChI=1S/C25H29F2N5O3/c1-14(13-34-25(26)27)32-22(12-31-7-5-6-8-31)29-20-11-28-19-9-18(23-15(2)30-35-16(23)3)21(33-4)10-17(19)24(20)32/h9-11,14,25H,5-8,12-13H2,1-4H3/t14-/m0/s1. The van der Waals surface area contributed by atoms with Crippen LogP contribution >= 0.6 is 0 Å². The highest BCUT2D eigenvalue weighted by molar-refractivity contribution is 6.05. The van der Waals surface area contributed by atoms with Crippen molar-refractivity contribution in [3.63, 3.8) is 0 Å². The number of pyridine rings is 1. The Labute approximate surface area is 201 Å². The normalized spacial score (nSPS) is 15.6. The molecule has 1 aromatic carbocycles. The Kier molecular flexibility index (Phi) is 6.41. The third-order valence-corrected chi connectivity index (χ3v) is 6.68. The molecular formula is C25H29F2N5O3. The number of ether oxygens (including phenoxy) is 2. The number of benzene rings is 1. The first-order valence-electron chi connectivity index (χ1n) is 11.8. The van der Waals surface area contributed by atoms with Gasteiger partial charge in [0.1, 0.15) is 22.9 Å². The first-order chi connectivity index (χ1) is 16.9. The smallest absolute Gasteiger partial charge is 0.345 e. The van der Waals surface area contributed by atoms with Gasteiger partial charge in [-0.05, 0) is 58.8 Å². The molecule has 3 aromatic heterocycles. The van der Waals surface area contributed by atoms with Crippen LogP contribution in [-0.4, -0.2) is 58.0 Å². The first-order valence-corrected chi connectivity index (χ1v) is 11.8. The largest absolute Gasteiger partial charge is 0.496 e. The fourth-order valence-corrected chi connectivity index (χ4v) is 5.10. The number of halogens is 2. The number of nitrogens with zero attached hydrogens (tertiary/aromatic N) is 5. The lowest BCUT2D eigenvalue weighted by Crippen LogP contribution is -2.24. The second kappa shape index (κ2) is 9.50. The molecule has 1 fully saturated rings. The lowest BCUT2D eigenvalue weighted by atomic mass is 10.0. The SMILES string of the molecule is COc1cc2c(cc1-c1c(C)noc1C)ncc1nc(CN3CCCC3)n([C@@H](C)COC(F)F)c12. The van der Waals surface area contributed by atoms with Crippen LogP contribution in [0.2, 0.25) is 0 Å². The Morgan fingerprint density at radius 3 is 2.57 bits per heavy atom. The average molecular weight is 486 g/mol. The van der Waals surface area contributed by atoms with Gasteiger partial charge in [0, 0.05) is 10.9 Å². The molecule has 1 atom stereocenters. The molecule has 5 rings (SSSR count). The van der Waals surface area contributed by atoms with Crippen molar-refractivity contribution in [1.82, 2.24) is 24.6 Å². The Hall–Kier alpha value is -3.11. The topological polar surface area (TPSA) is 78.4 Å². The molecule has 10 heteroatoms. The van der Waals surface area contributed by atoms with E-state index < -0.39 is 6.61 Å². The molecule has 0 amide bonds. The summed E-state index contributed by atoms with van der Waals surface area (Å²) in [6, 6.07) is 3.54. The van der Waals surface area contributed by atoms with E-state index in [1.807, 2.05) is 37.5 Å². The minimum atomic E-state index is -2.83. The van der Waals surface area contributed by atoms with Gasteiger partial charge in [0.05, 0.1) is 54.8 Å². The number of fused-ring (bicyclic) bond motifs is 3. The summed E-state index contributed by atoms with van der Waals surface area (Å²) in [6.45, 7) is 5.30. The van der Waals surface area contributed by atoms with Gasteiger partial charge in [-0.3, -0.25) is 9.88 Å². The van der Waals surface area contributed by atoms with Crippen LogP contribution in [0.5, 0.6) is 5.75 Å². The average Bonchev–Trinajstić information content (AvgIpc) is 3.56. The van der Waals surface area contributed by atoms with Crippen molar-refractivity contribution in [2.75, 3.05) is 26.8 Å². The van der Waals surface area contributed by atoms with Crippen molar-refractivity contribution in [3.8, 4) is 16.9 Å². The maximum Gasteiger partial charge on any atom is 0.345 e. The van der Waals surface area contributed by atoms with E-state index in [0.717, 1.165) is 65.0 Å². The van der Waals surface area contributed by atoms with Crippen molar-refractivity contribution in [3.05, 3.63) is 35.6 Å². The van der Waals surface area contributed by atoms with E-state index in [2.05, 4.69) is 15.0 Å². The van der Waals surface area contributed by atoms with Crippen molar-refractivity contribution in [2.45, 2.75) is 52.8 Å². The van der Waals surface area contributed by atoms with Crippen LogP contribution in [0.1, 0.15) is 43.1 Å². The predicted octanol–water partition coefficient (Wildman–Crippen LogP) is 5.26. The Morgan fingerprint density at radius 1 is 1.14 bits per heavy atom. The molecule has 4 aromatic rings. The fraction of sp³-hybridized carbons (Fsp3) is 0.480. The molecule has 35 heavy (non-hydrogen) atoms. The van der Waals surface area contributed by atoms with Crippen LogP contribution in [0, 0.1) is 13.8 Å². The molecule has 4 heterocycles. The van der Waals surface area contributed by atoms with E-state index in [1.165, 1.54) is 0 Å². The molecule has 0 aliphatic carbocycles. The summed E-state index contributed by atoms with van der Waals surface area (Å²) in [6.07, 6.45) is 4.04. The minimum Gasteiger partial charge on any atom is -0.496 e. The number of hydrogen-bond donors (Lipinski definition) is 0. The zero-order chi connectivity index (χ0) is 24.7. The summed E-state index contributed by atoms with van der Waals surface area (Å²) >= 11 is 0. The van der Waals surface area contributed by atoms with Gasteiger partial charge in [0.2, 0.25) is 0 Å². The molecule has 0 radical (unpaired) electrons. The van der Waals surface area contributed by atoms with Gasteiger partial charge in [-0.1, -0.05) is 5.16 Å². The molecule has 8 nitrogen and oxygen atoms in total. The zero-order valence-electron chi connectivity index (χ0n) is 20.3. The summed E-state index contributed by atoms with van der Waals surface area (Å²) in [5.41, 5.74) is 4.75. The van der Waals surface area contributed by atoms with Crippen LogP contribution in [-0.2, 0) is 11.3 Å². The van der Waals surface area contributed by atoms with Crippen LogP contribution in [0.25, 0.3) is 33.1 Å². The van der Waals surface area contributed by atoms with E-state index in [4.69, 9.17) is 19.0 Å². The highest BCUT2D eigenvalue weighted by Crippen LogP contribution is 2.39. The predicted molar refractivity (Wildman–Crippen MR) is 128 cm³/mol. The Bertz CT molecular complexity index is 1340. The maximum absolute atomic E-state index is 12.9. The highest BCUT2D eigenvalue weighted by Gasteiger charge is 2.24. The molecule has 1 aliphatic rings. The number of rotatable bonds is 8. The van der Waals surface area contributed by atoms with E-state index in [9.17, 15) is 8.78 Å². The Balaban J connectivity index is 1.71. The van der Waals surface area contributed by atoms with Crippen molar-refractivity contribution in [2.24, 2.45) is 0 Å². The van der Waals surface area contributed by atoms with Gasteiger partial charge in [-0.25, -0.2) is 4.98 Å². The van der Waals surface area contributed by atoms with E-state index in [0.29, 0.717) is 23.6 Å². The third kappa shape index (κ3) is 4.36. The van der Waals surface area contributed by atoms with Gasteiger partial charge in [0.15, 0.2) is 0 Å². The number of aromatic nitrogens is 4. The Morgan fingerprint density at radius 2 is 1.91 bits per heavy atom. The van der Waals surface area contributed by atoms with Gasteiger partial charge in [0.25, 0.3) is 0 Å². The third-order valence-electron chi connectivity index (χ3n) is 6.68. The zero-order valence-corrected chi connectivity index (χ0v) is 20.3. The number of methoxy groups -OCH3 is 1. The lowest BCUT2D eigenvalue weighted by molar-refractivity contribution is -0.135. The summed E-state index contributed by atoms with van der Waals surface area (Å²) in [7, 11) is 1.62. The molecule has 1 saturated heterocycles. The molecule has 0 spiro atoms. The van der Waals surface area contributed by atoms with E-state index in [-0.39, 0.29) is 12.6 Å². The first kappa shape index (κ1) is 23.6. The number of hydrogen-bond acceptors (Lipinski definition) is 7. The lowest BCUT2D eigenvalue weighted by Gasteiger charge is -2.21. The summed E-state index contributed by atoms with van der Waals surface area (Å²) in [5, 5.41) is 4.91. The minimum absolute atomic E-state index is 0.131. The van der Waals surface area contributed by atoms with Crippen LogP contribution in [0.3, 0.4) is 0 Å². The molecule has 0 bridgehead atoms. The number of likely N-dealkylation sites (tertiary alicyclic amines) is 1. The van der Waals surface area contributed by atoms with E-state index in [1.54, 1.807) is 13.3 Å². The second-order valence-corrected chi connectivity index (χ2v) is 9.09. The van der Waals surface area contributed by atoms with Crippen LogP contribution < -0.4 is 4.74 Å². The maximum atomic E-state index is 12.9. The quantitative estimate of drug-likeness (QED) is 0.337. The fourth-order valence-electron chi connectivity index (χ4n) is 5.10. The van der Waals surface area contributed by atoms with Crippen LogP contribution in [0.4, 0.5) is 8.78 Å². The number of aryl methyl sites for hydroxylation is 2. The van der Waals surface area contributed by atoms with Crippen LogP contribution in [0.15, 0.2) is 22.9 Å². The number of alkyl halides is 2. The molecular weight excluding hydrogens is 456 g/mol. The molecule has 0 N–H and O–H groups in total. The number of imidazole rings is 1.